The molecule has 1 aliphatic rings. The summed E-state index contributed by atoms with van der Waals surface area (Å²) in [5, 5.41) is 3.16. The molecule has 0 radical (unpaired) electrons. The van der Waals surface area contributed by atoms with Crippen LogP contribution in [0, 0.1) is 5.92 Å². The van der Waals surface area contributed by atoms with Gasteiger partial charge in [0.05, 0.1) is 6.61 Å². The van der Waals surface area contributed by atoms with Gasteiger partial charge in [0, 0.05) is 19.1 Å². The number of nitrogens with one attached hydrogen (secondary N) is 1. The molecular formula is C11H13ClN2O2. The largest absolute Gasteiger partial charge is 0.381 e. The van der Waals surface area contributed by atoms with Crippen molar-refractivity contribution in [3.8, 4) is 0 Å². The van der Waals surface area contributed by atoms with E-state index in [9.17, 15) is 4.79 Å². The molecule has 86 valence electrons. The van der Waals surface area contributed by atoms with Gasteiger partial charge in [-0.15, -0.1) is 0 Å². The zero-order valence-corrected chi connectivity index (χ0v) is 9.54. The average molecular weight is 241 g/mol. The Morgan fingerprint density at radius 2 is 2.50 bits per heavy atom. The molecule has 1 aromatic rings. The van der Waals surface area contributed by atoms with Crippen molar-refractivity contribution in [2.75, 3.05) is 19.8 Å². The van der Waals surface area contributed by atoms with Crippen molar-refractivity contribution in [3.63, 3.8) is 0 Å². The van der Waals surface area contributed by atoms with Gasteiger partial charge in [0.2, 0.25) is 0 Å². The monoisotopic (exact) mass is 240 g/mol. The van der Waals surface area contributed by atoms with E-state index >= 15 is 0 Å². The Labute approximate surface area is 99.0 Å². The molecule has 1 atom stereocenters. The third-order valence-corrected chi connectivity index (χ3v) is 2.73. The van der Waals surface area contributed by atoms with Gasteiger partial charge >= 0.3 is 0 Å². The maximum absolute atomic E-state index is 11.7. The van der Waals surface area contributed by atoms with Crippen LogP contribution in [-0.2, 0) is 4.74 Å². The Bertz CT molecular complexity index is 378. The molecule has 1 saturated heterocycles. The topological polar surface area (TPSA) is 51.2 Å². The number of amides is 1. The van der Waals surface area contributed by atoms with Crippen LogP contribution in [-0.4, -0.2) is 30.6 Å². The van der Waals surface area contributed by atoms with Crippen LogP contribution < -0.4 is 5.32 Å². The summed E-state index contributed by atoms with van der Waals surface area (Å²) in [4.78, 5) is 15.6. The van der Waals surface area contributed by atoms with Crippen molar-refractivity contribution < 1.29 is 9.53 Å². The minimum atomic E-state index is -0.186. The molecule has 0 bridgehead atoms. The van der Waals surface area contributed by atoms with Crippen molar-refractivity contribution >= 4 is 17.5 Å². The van der Waals surface area contributed by atoms with Gasteiger partial charge in [0.15, 0.2) is 0 Å². The molecule has 1 aliphatic heterocycles. The lowest BCUT2D eigenvalue weighted by Gasteiger charge is -2.08. The number of nitrogens with zero attached hydrogens (tertiary/aromatic N) is 1. The highest BCUT2D eigenvalue weighted by Gasteiger charge is 2.17. The quantitative estimate of drug-likeness (QED) is 0.815. The van der Waals surface area contributed by atoms with E-state index in [-0.39, 0.29) is 5.91 Å². The number of carbonyl (C=O) groups is 1. The number of pyridine rings is 1. The molecule has 0 spiro atoms. The van der Waals surface area contributed by atoms with Crippen LogP contribution >= 0.6 is 11.6 Å². The van der Waals surface area contributed by atoms with Crippen LogP contribution in [0.15, 0.2) is 18.2 Å². The predicted molar refractivity (Wildman–Crippen MR) is 60.5 cm³/mol. The van der Waals surface area contributed by atoms with Crippen molar-refractivity contribution in [3.05, 3.63) is 29.0 Å². The highest BCUT2D eigenvalue weighted by molar-refractivity contribution is 6.29. The smallest absolute Gasteiger partial charge is 0.269 e. The minimum Gasteiger partial charge on any atom is -0.381 e. The van der Waals surface area contributed by atoms with Gasteiger partial charge in [-0.3, -0.25) is 4.79 Å². The van der Waals surface area contributed by atoms with Gasteiger partial charge in [-0.25, -0.2) is 4.98 Å². The second kappa shape index (κ2) is 5.27. The Kier molecular flexibility index (Phi) is 3.74. The van der Waals surface area contributed by atoms with Crippen LogP contribution in [0.25, 0.3) is 0 Å². The number of rotatable bonds is 3. The van der Waals surface area contributed by atoms with Crippen LogP contribution in [0.3, 0.4) is 0 Å². The van der Waals surface area contributed by atoms with Gasteiger partial charge in [0.1, 0.15) is 10.8 Å². The van der Waals surface area contributed by atoms with Crippen molar-refractivity contribution in [1.29, 1.82) is 0 Å². The van der Waals surface area contributed by atoms with Gasteiger partial charge in [0.25, 0.3) is 5.91 Å². The first-order valence-electron chi connectivity index (χ1n) is 5.24. The molecule has 0 saturated carbocycles. The Morgan fingerprint density at radius 1 is 1.62 bits per heavy atom. The second-order valence-corrected chi connectivity index (χ2v) is 4.17. The molecule has 0 aromatic carbocycles. The number of hydrogen-bond acceptors (Lipinski definition) is 3. The first-order chi connectivity index (χ1) is 7.75. The fraction of sp³-hybridized carbons (Fsp3) is 0.455. The zero-order valence-electron chi connectivity index (χ0n) is 8.78. The molecule has 2 heterocycles. The van der Waals surface area contributed by atoms with Crippen molar-refractivity contribution in [1.82, 2.24) is 10.3 Å². The second-order valence-electron chi connectivity index (χ2n) is 3.79. The van der Waals surface area contributed by atoms with Gasteiger partial charge < -0.3 is 10.1 Å². The molecule has 16 heavy (non-hydrogen) atoms. The molecule has 1 amide bonds. The molecule has 4 nitrogen and oxygen atoms in total. The summed E-state index contributed by atoms with van der Waals surface area (Å²) >= 11 is 5.71. The van der Waals surface area contributed by atoms with E-state index in [1.54, 1.807) is 18.2 Å². The standard InChI is InChI=1S/C11H13ClN2O2/c12-10-3-1-2-9(14-10)11(15)13-6-8-4-5-16-7-8/h1-3,8H,4-7H2,(H,13,15). The third kappa shape index (κ3) is 2.93. The summed E-state index contributed by atoms with van der Waals surface area (Å²) in [6.07, 6.45) is 1.00. The SMILES string of the molecule is O=C(NCC1CCOC1)c1cccc(Cl)n1. The lowest BCUT2D eigenvalue weighted by atomic mass is 10.1. The van der Waals surface area contributed by atoms with E-state index in [2.05, 4.69) is 10.3 Å². The van der Waals surface area contributed by atoms with E-state index in [4.69, 9.17) is 16.3 Å². The Morgan fingerprint density at radius 3 is 3.19 bits per heavy atom. The number of halogens is 1. The van der Waals surface area contributed by atoms with Crippen molar-refractivity contribution in [2.45, 2.75) is 6.42 Å². The minimum absolute atomic E-state index is 0.186. The number of ether oxygens (including phenoxy) is 1. The van der Waals surface area contributed by atoms with Gasteiger partial charge in [-0.1, -0.05) is 17.7 Å². The summed E-state index contributed by atoms with van der Waals surface area (Å²) in [5.41, 5.74) is 0.353. The molecule has 1 fully saturated rings. The lowest BCUT2D eigenvalue weighted by Crippen LogP contribution is -2.30. The summed E-state index contributed by atoms with van der Waals surface area (Å²) in [7, 11) is 0. The third-order valence-electron chi connectivity index (χ3n) is 2.52. The molecule has 1 N–H and O–H groups in total. The average Bonchev–Trinajstić information content (AvgIpc) is 2.78. The van der Waals surface area contributed by atoms with Crippen LogP contribution in [0.4, 0.5) is 0 Å². The summed E-state index contributed by atoms with van der Waals surface area (Å²) in [6.45, 7) is 2.15. The van der Waals surface area contributed by atoms with Crippen LogP contribution in [0.2, 0.25) is 5.15 Å². The maximum Gasteiger partial charge on any atom is 0.269 e. The molecule has 1 unspecified atom stereocenters. The molecule has 1 aromatic heterocycles. The molecule has 2 rings (SSSR count). The molecule has 5 heteroatoms. The normalized spacial score (nSPS) is 19.7. The van der Waals surface area contributed by atoms with E-state index in [1.165, 1.54) is 0 Å². The van der Waals surface area contributed by atoms with Crippen LogP contribution in [0.5, 0.6) is 0 Å². The zero-order chi connectivity index (χ0) is 11.4. The number of hydrogen-bond donors (Lipinski definition) is 1. The Hall–Kier alpha value is -1.13. The summed E-state index contributed by atoms with van der Waals surface area (Å²) in [5.74, 6) is 0.234. The number of carbonyl (C=O) groups excluding carboxylic acids is 1. The fourth-order valence-corrected chi connectivity index (χ4v) is 1.77. The summed E-state index contributed by atoms with van der Waals surface area (Å²) < 4.78 is 5.23. The van der Waals surface area contributed by atoms with Crippen LogP contribution in [0.1, 0.15) is 16.9 Å². The highest BCUT2D eigenvalue weighted by Crippen LogP contribution is 2.11. The van der Waals surface area contributed by atoms with E-state index < -0.39 is 0 Å². The van der Waals surface area contributed by atoms with Gasteiger partial charge in [-0.05, 0) is 18.6 Å². The maximum atomic E-state index is 11.7. The molecular weight excluding hydrogens is 228 g/mol. The van der Waals surface area contributed by atoms with E-state index in [1.807, 2.05) is 0 Å². The first-order valence-corrected chi connectivity index (χ1v) is 5.62. The lowest BCUT2D eigenvalue weighted by molar-refractivity contribution is 0.0940. The fourth-order valence-electron chi connectivity index (χ4n) is 1.61. The van der Waals surface area contributed by atoms with E-state index in [0.717, 1.165) is 19.6 Å². The van der Waals surface area contributed by atoms with E-state index in [0.29, 0.717) is 23.3 Å². The van der Waals surface area contributed by atoms with Gasteiger partial charge in [-0.2, -0.15) is 0 Å². The number of aromatic nitrogens is 1. The predicted octanol–water partition coefficient (Wildman–Crippen LogP) is 1.50. The van der Waals surface area contributed by atoms with Crippen molar-refractivity contribution in [2.24, 2.45) is 5.92 Å². The first kappa shape index (κ1) is 11.4. The Balaban J connectivity index is 1.87. The summed E-state index contributed by atoms with van der Waals surface area (Å²) in [6, 6.07) is 5.00. The highest BCUT2D eigenvalue weighted by atomic mass is 35.5. The molecule has 0 aliphatic carbocycles.